The van der Waals surface area contributed by atoms with Crippen LogP contribution in [0.1, 0.15) is 245 Å². The Morgan fingerprint density at radius 3 is 1.50 bits per heavy atom. The fourth-order valence-corrected chi connectivity index (χ4v) is 7.23. The van der Waals surface area contributed by atoms with Gasteiger partial charge in [0.1, 0.15) is 6.10 Å². The van der Waals surface area contributed by atoms with Gasteiger partial charge in [-0.25, -0.2) is 0 Å². The number of carbonyl (C=O) groups is 2. The molecule has 6 heteroatoms. The lowest BCUT2D eigenvalue weighted by Crippen LogP contribution is -2.46. The van der Waals surface area contributed by atoms with Crippen LogP contribution >= 0.6 is 0 Å². The van der Waals surface area contributed by atoms with E-state index >= 15 is 0 Å². The van der Waals surface area contributed by atoms with Crippen molar-refractivity contribution in [2.24, 2.45) is 0 Å². The van der Waals surface area contributed by atoms with Crippen LogP contribution < -0.4 is 5.32 Å². The van der Waals surface area contributed by atoms with Gasteiger partial charge in [0.15, 0.2) is 0 Å². The highest BCUT2D eigenvalue weighted by Gasteiger charge is 2.24. The summed E-state index contributed by atoms with van der Waals surface area (Å²) in [7, 11) is 0. The zero-order valence-corrected chi connectivity index (χ0v) is 36.1. The van der Waals surface area contributed by atoms with E-state index in [0.717, 1.165) is 77.0 Å². The molecule has 0 fully saturated rings. The highest BCUT2D eigenvalue weighted by Crippen LogP contribution is 2.18. The molecule has 0 bridgehead atoms. The van der Waals surface area contributed by atoms with Gasteiger partial charge in [-0.3, -0.25) is 9.59 Å². The van der Waals surface area contributed by atoms with E-state index in [4.69, 9.17) is 4.74 Å². The molecule has 0 aliphatic rings. The first-order valence-electron chi connectivity index (χ1n) is 23.6. The Morgan fingerprint density at radius 1 is 0.556 bits per heavy atom. The summed E-state index contributed by atoms with van der Waals surface area (Å²) in [5.74, 6) is -0.480. The number of carbonyl (C=O) groups excluding carboxylic acids is 2. The van der Waals surface area contributed by atoms with E-state index in [1.807, 2.05) is 0 Å². The Kier molecular flexibility index (Phi) is 41.2. The Labute approximate surface area is 335 Å². The number of esters is 1. The van der Waals surface area contributed by atoms with Gasteiger partial charge in [0, 0.05) is 6.42 Å². The lowest BCUT2D eigenvalue weighted by atomic mass is 10.0. The minimum Gasteiger partial charge on any atom is -0.462 e. The van der Waals surface area contributed by atoms with Crippen LogP contribution in [-0.2, 0) is 14.3 Å². The number of hydrogen-bond donors (Lipinski definition) is 3. The van der Waals surface area contributed by atoms with Crippen LogP contribution in [0.3, 0.4) is 0 Å². The lowest BCUT2D eigenvalue weighted by molar-refractivity contribution is -0.151. The molecule has 0 heterocycles. The van der Waals surface area contributed by atoms with Crippen molar-refractivity contribution < 1.29 is 24.5 Å². The van der Waals surface area contributed by atoms with Crippen molar-refractivity contribution in [2.75, 3.05) is 6.61 Å². The molecule has 0 spiro atoms. The maximum absolute atomic E-state index is 13.1. The smallest absolute Gasteiger partial charge is 0.306 e. The number of unbranched alkanes of at least 4 members (excludes halogenated alkanes) is 26. The maximum atomic E-state index is 13.1. The zero-order valence-electron chi connectivity index (χ0n) is 36.1. The summed E-state index contributed by atoms with van der Waals surface area (Å²) in [6.07, 6.45) is 46.7. The average molecular weight is 762 g/mol. The molecule has 6 nitrogen and oxygen atoms in total. The summed E-state index contributed by atoms with van der Waals surface area (Å²) in [5, 5.41) is 23.6. The minimum atomic E-state index is -0.785. The lowest BCUT2D eigenvalue weighted by Gasteiger charge is -2.24. The third kappa shape index (κ3) is 37.3. The average Bonchev–Trinajstić information content (AvgIpc) is 3.16. The predicted octanol–water partition coefficient (Wildman–Crippen LogP) is 13.6. The fourth-order valence-electron chi connectivity index (χ4n) is 7.23. The summed E-state index contributed by atoms with van der Waals surface area (Å²) >= 11 is 0. The predicted molar refractivity (Wildman–Crippen MR) is 232 cm³/mol. The van der Waals surface area contributed by atoms with Crippen LogP contribution in [0, 0.1) is 0 Å². The number of allylic oxidation sites excluding steroid dienone is 4. The standard InChI is InChI=1S/C48H91NO5/c1-4-7-10-13-16-19-21-23-24-26-29-32-35-38-41-48(53)54-44(39-36-33-30-28-25-22-20-17-14-11-8-5-2)42-47(52)49-45(43-50)46(51)40-37-34-31-27-18-15-12-9-6-3/h8,11,17,20,44-46,50-51H,4-7,9-10,12-16,18-19,21-43H2,1-3H3,(H,49,52)/b11-8+,20-17+. The second-order valence-corrected chi connectivity index (χ2v) is 16.1. The third-order valence-electron chi connectivity index (χ3n) is 10.8. The summed E-state index contributed by atoms with van der Waals surface area (Å²) in [6, 6.07) is -0.699. The molecule has 3 N–H and O–H groups in total. The Morgan fingerprint density at radius 2 is 1.00 bits per heavy atom. The second-order valence-electron chi connectivity index (χ2n) is 16.1. The Bertz CT molecular complexity index is 858. The van der Waals surface area contributed by atoms with Gasteiger partial charge in [-0.15, -0.1) is 0 Å². The number of amides is 1. The fraction of sp³-hybridized carbons (Fsp3) is 0.875. The number of rotatable bonds is 42. The molecule has 1 amide bonds. The van der Waals surface area contributed by atoms with Crippen LogP contribution in [0.2, 0.25) is 0 Å². The Hall–Kier alpha value is -1.66. The zero-order chi connectivity index (χ0) is 39.6. The normalized spacial score (nSPS) is 13.5. The molecule has 0 saturated heterocycles. The van der Waals surface area contributed by atoms with Gasteiger partial charge in [0.2, 0.25) is 5.91 Å². The number of ether oxygens (including phenoxy) is 1. The highest BCUT2D eigenvalue weighted by molar-refractivity contribution is 5.77. The van der Waals surface area contributed by atoms with E-state index < -0.39 is 18.2 Å². The van der Waals surface area contributed by atoms with Gasteiger partial charge < -0.3 is 20.3 Å². The van der Waals surface area contributed by atoms with Gasteiger partial charge in [0.05, 0.1) is 25.2 Å². The van der Waals surface area contributed by atoms with E-state index in [1.165, 1.54) is 122 Å². The molecule has 0 aromatic carbocycles. The highest BCUT2D eigenvalue weighted by atomic mass is 16.5. The quantitative estimate of drug-likeness (QED) is 0.0327. The van der Waals surface area contributed by atoms with Crippen molar-refractivity contribution in [2.45, 2.75) is 264 Å². The van der Waals surface area contributed by atoms with Crippen molar-refractivity contribution >= 4 is 11.9 Å². The van der Waals surface area contributed by atoms with Crippen LogP contribution in [0.5, 0.6) is 0 Å². The van der Waals surface area contributed by atoms with Crippen LogP contribution in [0.25, 0.3) is 0 Å². The molecule has 0 saturated carbocycles. The first-order valence-corrected chi connectivity index (χ1v) is 23.6. The van der Waals surface area contributed by atoms with Crippen LogP contribution in [0.4, 0.5) is 0 Å². The molecule has 0 aliphatic heterocycles. The van der Waals surface area contributed by atoms with Gasteiger partial charge in [-0.2, -0.15) is 0 Å². The topological polar surface area (TPSA) is 95.9 Å². The number of aliphatic hydroxyl groups excluding tert-OH is 2. The van der Waals surface area contributed by atoms with E-state index in [1.54, 1.807) is 0 Å². The van der Waals surface area contributed by atoms with Crippen molar-refractivity contribution in [3.63, 3.8) is 0 Å². The first-order chi connectivity index (χ1) is 26.5. The molecular formula is C48H91NO5. The van der Waals surface area contributed by atoms with Gasteiger partial charge in [-0.05, 0) is 51.4 Å². The summed E-state index contributed by atoms with van der Waals surface area (Å²) in [5.41, 5.74) is 0. The monoisotopic (exact) mass is 762 g/mol. The molecule has 3 atom stereocenters. The third-order valence-corrected chi connectivity index (χ3v) is 10.8. The van der Waals surface area contributed by atoms with E-state index in [2.05, 4.69) is 50.4 Å². The molecule has 0 aliphatic carbocycles. The molecular weight excluding hydrogens is 671 g/mol. The van der Waals surface area contributed by atoms with Crippen LogP contribution in [-0.4, -0.2) is 46.9 Å². The molecule has 0 aromatic heterocycles. The minimum absolute atomic E-state index is 0.0724. The van der Waals surface area contributed by atoms with E-state index in [9.17, 15) is 19.8 Å². The maximum Gasteiger partial charge on any atom is 0.306 e. The van der Waals surface area contributed by atoms with Gasteiger partial charge in [-0.1, -0.05) is 206 Å². The number of nitrogens with one attached hydrogen (secondary N) is 1. The van der Waals surface area contributed by atoms with Crippen molar-refractivity contribution in [1.29, 1.82) is 0 Å². The van der Waals surface area contributed by atoms with E-state index in [-0.39, 0.29) is 24.9 Å². The van der Waals surface area contributed by atoms with Crippen molar-refractivity contribution in [3.05, 3.63) is 24.3 Å². The molecule has 0 rings (SSSR count). The molecule has 0 aromatic rings. The van der Waals surface area contributed by atoms with Crippen molar-refractivity contribution in [1.82, 2.24) is 5.32 Å². The summed E-state index contributed by atoms with van der Waals surface area (Å²) < 4.78 is 5.90. The second kappa shape index (κ2) is 42.5. The number of aliphatic hydroxyl groups is 2. The molecule has 318 valence electrons. The SMILES string of the molecule is CC/C=C/C/C=C/CCCCCCCC(CC(=O)NC(CO)C(O)CCCCCCCCCCC)OC(=O)CCCCCCCCCCCCCCCC. The number of hydrogen-bond acceptors (Lipinski definition) is 5. The largest absolute Gasteiger partial charge is 0.462 e. The molecule has 3 unspecified atom stereocenters. The first kappa shape index (κ1) is 52.3. The van der Waals surface area contributed by atoms with Crippen molar-refractivity contribution in [3.8, 4) is 0 Å². The Balaban J connectivity index is 4.56. The summed E-state index contributed by atoms with van der Waals surface area (Å²) in [4.78, 5) is 26.0. The van der Waals surface area contributed by atoms with Crippen LogP contribution in [0.15, 0.2) is 24.3 Å². The van der Waals surface area contributed by atoms with E-state index in [0.29, 0.717) is 19.3 Å². The molecule has 54 heavy (non-hydrogen) atoms. The molecule has 0 radical (unpaired) electrons. The summed E-state index contributed by atoms with van der Waals surface area (Å²) in [6.45, 7) is 6.35. The van der Waals surface area contributed by atoms with Gasteiger partial charge in [0.25, 0.3) is 0 Å². The van der Waals surface area contributed by atoms with Gasteiger partial charge >= 0.3 is 5.97 Å².